The van der Waals surface area contributed by atoms with E-state index in [1.807, 2.05) is 19.0 Å². The summed E-state index contributed by atoms with van der Waals surface area (Å²) in [6, 6.07) is 0. The zero-order valence-electron chi connectivity index (χ0n) is 18.9. The van der Waals surface area contributed by atoms with E-state index in [-0.39, 0.29) is 12.2 Å². The Kier molecular flexibility index (Phi) is 18.0. The first-order valence-electron chi connectivity index (χ1n) is 11.5. The first-order chi connectivity index (χ1) is 13.0. The zero-order valence-corrected chi connectivity index (χ0v) is 18.9. The van der Waals surface area contributed by atoms with Crippen molar-refractivity contribution in [2.24, 2.45) is 0 Å². The molecule has 0 aromatic carbocycles. The molecule has 0 spiro atoms. The van der Waals surface area contributed by atoms with E-state index in [0.29, 0.717) is 5.57 Å². The summed E-state index contributed by atoms with van der Waals surface area (Å²) in [5, 5.41) is 0. The molecule has 0 saturated carbocycles. The Balaban J connectivity index is 3.43. The molecular weight excluding hydrogens is 334 g/mol. The number of esters is 1. The van der Waals surface area contributed by atoms with Crippen molar-refractivity contribution >= 4 is 5.97 Å². The average Bonchev–Trinajstić information content (AvgIpc) is 2.63. The molecule has 1 atom stereocenters. The fourth-order valence-corrected chi connectivity index (χ4v) is 3.34. The van der Waals surface area contributed by atoms with Crippen molar-refractivity contribution in [3.63, 3.8) is 0 Å². The molecule has 0 aromatic heterocycles. The molecule has 0 N–H and O–H groups in total. The van der Waals surface area contributed by atoms with E-state index in [0.717, 1.165) is 12.8 Å². The van der Waals surface area contributed by atoms with Crippen LogP contribution in [-0.2, 0) is 9.53 Å². The third-order valence-electron chi connectivity index (χ3n) is 5.22. The zero-order chi connectivity index (χ0) is 20.3. The van der Waals surface area contributed by atoms with Gasteiger partial charge in [0.05, 0.1) is 0 Å². The number of ether oxygens (including phenoxy) is 1. The molecule has 27 heavy (non-hydrogen) atoms. The van der Waals surface area contributed by atoms with Gasteiger partial charge in [0.2, 0.25) is 0 Å². The molecule has 1 unspecified atom stereocenters. The lowest BCUT2D eigenvalue weighted by atomic mass is 10.0. The second-order valence-corrected chi connectivity index (χ2v) is 8.34. The molecule has 3 heteroatoms. The molecule has 0 aliphatic rings. The van der Waals surface area contributed by atoms with E-state index in [2.05, 4.69) is 13.5 Å². The van der Waals surface area contributed by atoms with Crippen LogP contribution in [0.1, 0.15) is 117 Å². The molecule has 0 aromatic rings. The van der Waals surface area contributed by atoms with Crippen LogP contribution in [0.3, 0.4) is 0 Å². The predicted octanol–water partition coefficient (Wildman–Crippen LogP) is 7.25. The van der Waals surface area contributed by atoms with Gasteiger partial charge in [-0.1, -0.05) is 103 Å². The van der Waals surface area contributed by atoms with Crippen molar-refractivity contribution in [3.05, 3.63) is 12.2 Å². The van der Waals surface area contributed by atoms with Crippen LogP contribution in [0.15, 0.2) is 12.2 Å². The number of hydrogen-bond acceptors (Lipinski definition) is 3. The van der Waals surface area contributed by atoms with Crippen LogP contribution in [0.25, 0.3) is 0 Å². The predicted molar refractivity (Wildman–Crippen MR) is 118 cm³/mol. The van der Waals surface area contributed by atoms with E-state index in [4.69, 9.17) is 4.74 Å². The van der Waals surface area contributed by atoms with Gasteiger partial charge in [-0.05, 0) is 33.9 Å². The lowest BCUT2D eigenvalue weighted by molar-refractivity contribution is -0.152. The lowest BCUT2D eigenvalue weighted by Gasteiger charge is -2.24. The van der Waals surface area contributed by atoms with Crippen molar-refractivity contribution in [3.8, 4) is 0 Å². The second-order valence-electron chi connectivity index (χ2n) is 8.34. The molecule has 0 rings (SSSR count). The van der Waals surface area contributed by atoms with E-state index < -0.39 is 0 Å². The number of carbonyl (C=O) groups excluding carboxylic acids is 1. The SMILES string of the molecule is C=C(C)C(=O)OC(CCCCCCCCCCCCCCCCC)N(C)C. The van der Waals surface area contributed by atoms with Gasteiger partial charge in [0.1, 0.15) is 0 Å². The largest absolute Gasteiger partial charge is 0.443 e. The summed E-state index contributed by atoms with van der Waals surface area (Å²) in [5.41, 5.74) is 0.471. The molecule has 3 nitrogen and oxygen atoms in total. The third-order valence-corrected chi connectivity index (χ3v) is 5.22. The van der Waals surface area contributed by atoms with E-state index in [1.165, 1.54) is 89.9 Å². The van der Waals surface area contributed by atoms with Crippen LogP contribution in [0.4, 0.5) is 0 Å². The highest BCUT2D eigenvalue weighted by atomic mass is 16.6. The molecule has 0 bridgehead atoms. The fourth-order valence-electron chi connectivity index (χ4n) is 3.34. The van der Waals surface area contributed by atoms with Gasteiger partial charge in [0.25, 0.3) is 0 Å². The van der Waals surface area contributed by atoms with Gasteiger partial charge in [-0.3, -0.25) is 4.90 Å². The summed E-state index contributed by atoms with van der Waals surface area (Å²) in [6.45, 7) is 7.63. The monoisotopic (exact) mass is 381 g/mol. The molecule has 0 heterocycles. The highest BCUT2D eigenvalue weighted by Crippen LogP contribution is 2.15. The van der Waals surface area contributed by atoms with Crippen LogP contribution < -0.4 is 0 Å². The van der Waals surface area contributed by atoms with E-state index in [9.17, 15) is 4.79 Å². The Morgan fingerprint density at radius 2 is 1.15 bits per heavy atom. The maximum atomic E-state index is 11.7. The molecule has 0 aliphatic carbocycles. The quantitative estimate of drug-likeness (QED) is 0.102. The van der Waals surface area contributed by atoms with Gasteiger partial charge in [-0.25, -0.2) is 4.79 Å². The maximum absolute atomic E-state index is 11.7. The Hall–Kier alpha value is -0.830. The van der Waals surface area contributed by atoms with E-state index >= 15 is 0 Å². The fraction of sp³-hybridized carbons (Fsp3) is 0.875. The molecule has 0 fully saturated rings. The van der Waals surface area contributed by atoms with E-state index in [1.54, 1.807) is 6.92 Å². The summed E-state index contributed by atoms with van der Waals surface area (Å²) >= 11 is 0. The van der Waals surface area contributed by atoms with Gasteiger partial charge < -0.3 is 4.74 Å². The summed E-state index contributed by atoms with van der Waals surface area (Å²) < 4.78 is 5.48. The number of hydrogen-bond donors (Lipinski definition) is 0. The van der Waals surface area contributed by atoms with Crippen molar-refractivity contribution < 1.29 is 9.53 Å². The molecule has 160 valence electrons. The maximum Gasteiger partial charge on any atom is 0.334 e. The summed E-state index contributed by atoms with van der Waals surface area (Å²) in [6.07, 6.45) is 21.3. The van der Waals surface area contributed by atoms with Crippen LogP contribution in [0, 0.1) is 0 Å². The summed E-state index contributed by atoms with van der Waals surface area (Å²) in [7, 11) is 3.92. The Morgan fingerprint density at radius 1 is 0.778 bits per heavy atom. The Bertz CT molecular complexity index is 365. The van der Waals surface area contributed by atoms with Crippen LogP contribution >= 0.6 is 0 Å². The molecule has 0 aliphatic heterocycles. The van der Waals surface area contributed by atoms with Crippen LogP contribution in [0.5, 0.6) is 0 Å². The molecule has 0 amide bonds. The first-order valence-corrected chi connectivity index (χ1v) is 11.5. The summed E-state index contributed by atoms with van der Waals surface area (Å²) in [4.78, 5) is 13.6. The van der Waals surface area contributed by atoms with Crippen molar-refractivity contribution in [2.45, 2.75) is 123 Å². The third kappa shape index (κ3) is 17.0. The average molecular weight is 382 g/mol. The van der Waals surface area contributed by atoms with Gasteiger partial charge in [0, 0.05) is 5.57 Å². The van der Waals surface area contributed by atoms with Gasteiger partial charge >= 0.3 is 5.97 Å². The first kappa shape index (κ1) is 26.2. The van der Waals surface area contributed by atoms with Gasteiger partial charge in [-0.2, -0.15) is 0 Å². The topological polar surface area (TPSA) is 29.5 Å². The number of nitrogens with zero attached hydrogens (tertiary/aromatic N) is 1. The molecule has 0 radical (unpaired) electrons. The standard InChI is InChI=1S/C24H47NO2/c1-6-7-8-9-10-11-12-13-14-15-16-17-18-19-20-21-23(25(4)5)27-24(26)22(2)3/h23H,2,6-21H2,1,3-5H3. The summed E-state index contributed by atoms with van der Waals surface area (Å²) in [5.74, 6) is -0.283. The second kappa shape index (κ2) is 18.5. The van der Waals surface area contributed by atoms with Crippen LogP contribution in [-0.4, -0.2) is 31.2 Å². The number of rotatable bonds is 19. The highest BCUT2D eigenvalue weighted by Gasteiger charge is 2.16. The minimum Gasteiger partial charge on any atom is -0.443 e. The Labute approximate surface area is 169 Å². The van der Waals surface area contributed by atoms with Crippen molar-refractivity contribution in [2.75, 3.05) is 14.1 Å². The smallest absolute Gasteiger partial charge is 0.334 e. The van der Waals surface area contributed by atoms with Crippen molar-refractivity contribution in [1.29, 1.82) is 0 Å². The lowest BCUT2D eigenvalue weighted by Crippen LogP contribution is -2.33. The minimum atomic E-state index is -0.283. The highest BCUT2D eigenvalue weighted by molar-refractivity contribution is 5.87. The van der Waals surface area contributed by atoms with Crippen molar-refractivity contribution in [1.82, 2.24) is 4.90 Å². The normalized spacial score (nSPS) is 12.3. The molecule has 0 saturated heterocycles. The van der Waals surface area contributed by atoms with Crippen LogP contribution in [0.2, 0.25) is 0 Å². The van der Waals surface area contributed by atoms with Gasteiger partial charge in [0.15, 0.2) is 6.23 Å². The molecular formula is C24H47NO2. The Morgan fingerprint density at radius 3 is 1.48 bits per heavy atom. The van der Waals surface area contributed by atoms with Gasteiger partial charge in [-0.15, -0.1) is 0 Å². The number of carbonyl (C=O) groups is 1. The minimum absolute atomic E-state index is 0.129. The number of unbranched alkanes of at least 4 members (excludes halogenated alkanes) is 14.